The molecule has 15 heavy (non-hydrogen) atoms. The first-order valence-electron chi connectivity index (χ1n) is 5.00. The van der Waals surface area contributed by atoms with Crippen molar-refractivity contribution < 1.29 is 4.79 Å². The average molecular weight is 206 g/mol. The molecule has 0 bridgehead atoms. The minimum Gasteiger partial charge on any atom is -0.384 e. The van der Waals surface area contributed by atoms with Crippen LogP contribution in [0.1, 0.15) is 6.42 Å². The molecule has 1 aliphatic heterocycles. The summed E-state index contributed by atoms with van der Waals surface area (Å²) in [6.45, 7) is 1.92. The highest BCUT2D eigenvalue weighted by Gasteiger charge is 2.15. The quantitative estimate of drug-likeness (QED) is 0.678. The zero-order valence-electron chi connectivity index (χ0n) is 8.44. The first kappa shape index (κ1) is 9.76. The van der Waals surface area contributed by atoms with E-state index in [1.807, 2.05) is 17.0 Å². The molecule has 5 heteroatoms. The standard InChI is InChI=1S/C10H14N4O/c11-8-3-1-4-9(13-8)14-6-2-5-12-10(15)7-14/h1,3-4H,2,5-7H2,(H2,11,13)(H,12,15). The van der Waals surface area contributed by atoms with Gasteiger partial charge in [-0.2, -0.15) is 0 Å². The van der Waals surface area contributed by atoms with E-state index in [0.29, 0.717) is 12.4 Å². The SMILES string of the molecule is Nc1cccc(N2CCCNC(=O)C2)n1. The second-order valence-corrected chi connectivity index (χ2v) is 3.55. The Labute approximate surface area is 88.3 Å². The molecule has 0 unspecified atom stereocenters. The van der Waals surface area contributed by atoms with Crippen LogP contribution in [0.2, 0.25) is 0 Å². The van der Waals surface area contributed by atoms with Gasteiger partial charge in [-0.1, -0.05) is 6.07 Å². The predicted octanol–water partition coefficient (Wildman–Crippen LogP) is -0.00990. The summed E-state index contributed by atoms with van der Waals surface area (Å²) in [7, 11) is 0. The highest BCUT2D eigenvalue weighted by Crippen LogP contribution is 2.13. The van der Waals surface area contributed by atoms with E-state index in [1.165, 1.54) is 0 Å². The number of hydrogen-bond donors (Lipinski definition) is 2. The lowest BCUT2D eigenvalue weighted by Gasteiger charge is -2.19. The number of hydrogen-bond acceptors (Lipinski definition) is 4. The molecule has 80 valence electrons. The van der Waals surface area contributed by atoms with E-state index in [0.717, 1.165) is 25.3 Å². The number of rotatable bonds is 1. The molecule has 5 nitrogen and oxygen atoms in total. The van der Waals surface area contributed by atoms with E-state index in [1.54, 1.807) is 6.07 Å². The van der Waals surface area contributed by atoms with Gasteiger partial charge in [-0.15, -0.1) is 0 Å². The van der Waals surface area contributed by atoms with Crippen LogP contribution < -0.4 is 16.0 Å². The van der Waals surface area contributed by atoms with Crippen molar-refractivity contribution in [2.75, 3.05) is 30.3 Å². The predicted molar refractivity (Wildman–Crippen MR) is 58.5 cm³/mol. The fourth-order valence-corrected chi connectivity index (χ4v) is 1.62. The first-order valence-corrected chi connectivity index (χ1v) is 5.00. The van der Waals surface area contributed by atoms with Crippen LogP contribution in [0, 0.1) is 0 Å². The van der Waals surface area contributed by atoms with E-state index in [4.69, 9.17) is 5.73 Å². The van der Waals surface area contributed by atoms with Crippen molar-refractivity contribution in [2.45, 2.75) is 6.42 Å². The maximum atomic E-state index is 11.3. The largest absolute Gasteiger partial charge is 0.384 e. The molecule has 1 aliphatic rings. The number of nitrogens with zero attached hydrogens (tertiary/aromatic N) is 2. The number of carbonyl (C=O) groups is 1. The van der Waals surface area contributed by atoms with E-state index >= 15 is 0 Å². The van der Waals surface area contributed by atoms with Gasteiger partial charge in [0.1, 0.15) is 11.6 Å². The highest BCUT2D eigenvalue weighted by atomic mass is 16.2. The highest BCUT2D eigenvalue weighted by molar-refractivity contribution is 5.81. The summed E-state index contributed by atoms with van der Waals surface area (Å²) in [6, 6.07) is 5.46. The third kappa shape index (κ3) is 2.37. The minimum atomic E-state index is 0.0386. The number of aromatic nitrogens is 1. The Bertz CT molecular complexity index is 366. The van der Waals surface area contributed by atoms with Gasteiger partial charge in [0, 0.05) is 13.1 Å². The van der Waals surface area contributed by atoms with Crippen molar-refractivity contribution in [1.29, 1.82) is 0 Å². The molecule has 1 amide bonds. The second-order valence-electron chi connectivity index (χ2n) is 3.55. The molecule has 0 aromatic carbocycles. The molecule has 1 saturated heterocycles. The van der Waals surface area contributed by atoms with Crippen LogP contribution in [0.5, 0.6) is 0 Å². The fraction of sp³-hybridized carbons (Fsp3) is 0.400. The number of carbonyl (C=O) groups excluding carboxylic acids is 1. The van der Waals surface area contributed by atoms with Gasteiger partial charge in [-0.05, 0) is 18.6 Å². The first-order chi connectivity index (χ1) is 7.25. The van der Waals surface area contributed by atoms with Gasteiger partial charge in [0.05, 0.1) is 6.54 Å². The Morgan fingerprint density at radius 3 is 3.13 bits per heavy atom. The van der Waals surface area contributed by atoms with Gasteiger partial charge in [0.15, 0.2) is 0 Å². The molecule has 0 spiro atoms. The fourth-order valence-electron chi connectivity index (χ4n) is 1.62. The maximum Gasteiger partial charge on any atom is 0.239 e. The summed E-state index contributed by atoms with van der Waals surface area (Å²) in [6.07, 6.45) is 0.933. The Morgan fingerprint density at radius 1 is 1.47 bits per heavy atom. The Morgan fingerprint density at radius 2 is 2.33 bits per heavy atom. The van der Waals surface area contributed by atoms with Crippen molar-refractivity contribution in [1.82, 2.24) is 10.3 Å². The summed E-state index contributed by atoms with van der Waals surface area (Å²) >= 11 is 0. The third-order valence-electron chi connectivity index (χ3n) is 2.34. The molecule has 0 atom stereocenters. The van der Waals surface area contributed by atoms with Crippen LogP contribution in [0.15, 0.2) is 18.2 Å². The molecule has 3 N–H and O–H groups in total. The minimum absolute atomic E-state index is 0.0386. The van der Waals surface area contributed by atoms with Crippen molar-refractivity contribution in [2.24, 2.45) is 0 Å². The monoisotopic (exact) mass is 206 g/mol. The molecule has 1 aromatic heterocycles. The zero-order chi connectivity index (χ0) is 10.7. The summed E-state index contributed by atoms with van der Waals surface area (Å²) in [5.41, 5.74) is 5.60. The summed E-state index contributed by atoms with van der Waals surface area (Å²) in [5.74, 6) is 1.29. The lowest BCUT2D eigenvalue weighted by Crippen LogP contribution is -2.33. The van der Waals surface area contributed by atoms with E-state index in [2.05, 4.69) is 10.3 Å². The molecule has 2 heterocycles. The lowest BCUT2D eigenvalue weighted by atomic mass is 10.3. The Balaban J connectivity index is 2.18. The molecule has 0 radical (unpaired) electrons. The zero-order valence-corrected chi connectivity index (χ0v) is 8.44. The molecule has 1 fully saturated rings. The molecular formula is C10H14N4O. The van der Waals surface area contributed by atoms with Crippen LogP contribution in [0.4, 0.5) is 11.6 Å². The second kappa shape index (κ2) is 4.16. The summed E-state index contributed by atoms with van der Waals surface area (Å²) in [5, 5.41) is 2.82. The number of pyridine rings is 1. The van der Waals surface area contributed by atoms with Gasteiger partial charge >= 0.3 is 0 Å². The lowest BCUT2D eigenvalue weighted by molar-refractivity contribution is -0.119. The van der Waals surface area contributed by atoms with Crippen LogP contribution >= 0.6 is 0 Å². The molecule has 2 rings (SSSR count). The van der Waals surface area contributed by atoms with Gasteiger partial charge in [0.25, 0.3) is 0 Å². The van der Waals surface area contributed by atoms with Gasteiger partial charge in [-0.3, -0.25) is 4.79 Å². The molecular weight excluding hydrogens is 192 g/mol. The number of nitrogens with two attached hydrogens (primary N) is 1. The van der Waals surface area contributed by atoms with E-state index < -0.39 is 0 Å². The molecule has 1 aromatic rings. The topological polar surface area (TPSA) is 71.2 Å². The average Bonchev–Trinajstić information content (AvgIpc) is 2.43. The van der Waals surface area contributed by atoms with Crippen LogP contribution in [0.3, 0.4) is 0 Å². The smallest absolute Gasteiger partial charge is 0.239 e. The number of anilines is 2. The Hall–Kier alpha value is -1.78. The number of amides is 1. The van der Waals surface area contributed by atoms with Gasteiger partial charge < -0.3 is 16.0 Å². The van der Waals surface area contributed by atoms with Gasteiger partial charge in [0.2, 0.25) is 5.91 Å². The van der Waals surface area contributed by atoms with Crippen LogP contribution in [-0.2, 0) is 4.79 Å². The number of nitrogens with one attached hydrogen (secondary N) is 1. The Kier molecular flexibility index (Phi) is 2.71. The van der Waals surface area contributed by atoms with Crippen molar-refractivity contribution in [3.63, 3.8) is 0 Å². The third-order valence-corrected chi connectivity index (χ3v) is 2.34. The van der Waals surface area contributed by atoms with E-state index in [9.17, 15) is 4.79 Å². The summed E-state index contributed by atoms with van der Waals surface area (Å²) < 4.78 is 0. The van der Waals surface area contributed by atoms with Gasteiger partial charge in [-0.25, -0.2) is 4.98 Å². The maximum absolute atomic E-state index is 11.3. The van der Waals surface area contributed by atoms with E-state index in [-0.39, 0.29) is 5.91 Å². The molecule has 0 aliphatic carbocycles. The van der Waals surface area contributed by atoms with Crippen LogP contribution in [-0.4, -0.2) is 30.5 Å². The molecule has 0 saturated carbocycles. The van der Waals surface area contributed by atoms with Crippen molar-refractivity contribution in [3.05, 3.63) is 18.2 Å². The normalized spacial score (nSPS) is 17.1. The van der Waals surface area contributed by atoms with Crippen molar-refractivity contribution in [3.8, 4) is 0 Å². The summed E-state index contributed by atoms with van der Waals surface area (Å²) in [4.78, 5) is 17.5. The van der Waals surface area contributed by atoms with Crippen LogP contribution in [0.25, 0.3) is 0 Å². The number of nitrogen functional groups attached to an aromatic ring is 1. The van der Waals surface area contributed by atoms with Crippen molar-refractivity contribution >= 4 is 17.5 Å².